The highest BCUT2D eigenvalue weighted by molar-refractivity contribution is 6.02. The topological polar surface area (TPSA) is 49.3 Å². The molecule has 0 aromatic heterocycles. The van der Waals surface area contributed by atoms with Crippen LogP contribution in [0.3, 0.4) is 0 Å². The lowest BCUT2D eigenvalue weighted by atomic mass is 9.98. The summed E-state index contributed by atoms with van der Waals surface area (Å²) in [5, 5.41) is 12.4. The van der Waals surface area contributed by atoms with Crippen LogP contribution in [0.5, 0.6) is 0 Å². The molecule has 0 spiro atoms. The summed E-state index contributed by atoms with van der Waals surface area (Å²) in [6, 6.07) is 7.70. The van der Waals surface area contributed by atoms with Crippen molar-refractivity contribution in [1.82, 2.24) is 5.32 Å². The van der Waals surface area contributed by atoms with Crippen LogP contribution in [-0.2, 0) is 4.79 Å². The van der Waals surface area contributed by atoms with Crippen molar-refractivity contribution >= 4 is 11.5 Å². The van der Waals surface area contributed by atoms with Crippen LogP contribution in [0.15, 0.2) is 30.3 Å². The first-order valence-electron chi connectivity index (χ1n) is 4.83. The molecule has 1 aliphatic rings. The molecule has 0 radical (unpaired) electrons. The summed E-state index contributed by atoms with van der Waals surface area (Å²) in [6.07, 6.45) is 1.44. The number of rotatable bonds is 1. The van der Waals surface area contributed by atoms with Gasteiger partial charge < -0.3 is 10.4 Å². The van der Waals surface area contributed by atoms with Crippen LogP contribution in [0, 0.1) is 6.92 Å². The average molecular weight is 203 g/mol. The van der Waals surface area contributed by atoms with Gasteiger partial charge in [-0.25, -0.2) is 0 Å². The molecule has 1 heterocycles. The highest BCUT2D eigenvalue weighted by atomic mass is 16.3. The molecule has 0 fully saturated rings. The van der Waals surface area contributed by atoms with Crippen molar-refractivity contribution in [1.29, 1.82) is 0 Å². The van der Waals surface area contributed by atoms with Crippen LogP contribution in [0.1, 0.15) is 18.1 Å². The summed E-state index contributed by atoms with van der Waals surface area (Å²) < 4.78 is 0. The van der Waals surface area contributed by atoms with Crippen molar-refractivity contribution in [3.05, 3.63) is 41.5 Å². The van der Waals surface area contributed by atoms with Crippen molar-refractivity contribution in [2.45, 2.75) is 19.6 Å². The van der Waals surface area contributed by atoms with Crippen LogP contribution in [0.4, 0.5) is 0 Å². The smallest absolute Gasteiger partial charge is 0.246 e. The Labute approximate surface area is 88.4 Å². The molecule has 3 nitrogen and oxygen atoms in total. The second-order valence-corrected chi connectivity index (χ2v) is 3.99. The molecular weight excluding hydrogens is 190 g/mol. The van der Waals surface area contributed by atoms with E-state index in [2.05, 4.69) is 5.32 Å². The molecule has 1 amide bonds. The summed E-state index contributed by atoms with van der Waals surface area (Å²) in [5.74, 6) is -0.254. The molecule has 3 heteroatoms. The van der Waals surface area contributed by atoms with E-state index in [1.807, 2.05) is 31.2 Å². The normalized spacial score (nSPS) is 25.0. The molecule has 1 aliphatic heterocycles. The van der Waals surface area contributed by atoms with Crippen molar-refractivity contribution in [3.63, 3.8) is 0 Å². The first kappa shape index (κ1) is 9.93. The number of benzene rings is 1. The number of hydrogen-bond acceptors (Lipinski definition) is 2. The standard InChI is InChI=1S/C12H13NO2/c1-8-3-5-9(6-4-8)10-7-11(14)13-12(10,2)15/h3-7,15H,1-2H3,(H,13,14). The third kappa shape index (κ3) is 1.78. The summed E-state index contributed by atoms with van der Waals surface area (Å²) in [6.45, 7) is 3.57. The molecule has 15 heavy (non-hydrogen) atoms. The van der Waals surface area contributed by atoms with E-state index in [1.54, 1.807) is 6.92 Å². The van der Waals surface area contributed by atoms with E-state index < -0.39 is 5.72 Å². The van der Waals surface area contributed by atoms with Gasteiger partial charge in [0.05, 0.1) is 0 Å². The van der Waals surface area contributed by atoms with Gasteiger partial charge in [0.1, 0.15) is 0 Å². The molecule has 78 valence electrons. The predicted octanol–water partition coefficient (Wildman–Crippen LogP) is 1.22. The van der Waals surface area contributed by atoms with E-state index in [1.165, 1.54) is 6.08 Å². The molecule has 0 saturated heterocycles. The Morgan fingerprint density at radius 3 is 2.33 bits per heavy atom. The molecule has 1 aromatic rings. The summed E-state index contributed by atoms with van der Waals surface area (Å²) in [7, 11) is 0. The Morgan fingerprint density at radius 1 is 1.27 bits per heavy atom. The van der Waals surface area contributed by atoms with Crippen LogP contribution in [0.2, 0.25) is 0 Å². The minimum atomic E-state index is -1.26. The Kier molecular flexibility index (Phi) is 2.12. The Balaban J connectivity index is 2.43. The summed E-state index contributed by atoms with van der Waals surface area (Å²) >= 11 is 0. The maximum Gasteiger partial charge on any atom is 0.246 e. The van der Waals surface area contributed by atoms with E-state index in [0.717, 1.165) is 11.1 Å². The fraction of sp³-hybridized carbons (Fsp3) is 0.250. The van der Waals surface area contributed by atoms with Gasteiger partial charge in [-0.1, -0.05) is 29.8 Å². The molecule has 0 saturated carbocycles. The quantitative estimate of drug-likeness (QED) is 0.721. The first-order chi connectivity index (χ1) is 6.99. The Hall–Kier alpha value is -1.61. The summed E-state index contributed by atoms with van der Waals surface area (Å²) in [4.78, 5) is 11.2. The zero-order valence-electron chi connectivity index (χ0n) is 8.74. The lowest BCUT2D eigenvalue weighted by Gasteiger charge is -2.21. The van der Waals surface area contributed by atoms with Crippen LogP contribution < -0.4 is 5.32 Å². The minimum Gasteiger partial charge on any atom is -0.367 e. The number of carbonyl (C=O) groups excluding carboxylic acids is 1. The van der Waals surface area contributed by atoms with Gasteiger partial charge in [0.2, 0.25) is 5.91 Å². The number of amides is 1. The lowest BCUT2D eigenvalue weighted by Crippen LogP contribution is -2.40. The van der Waals surface area contributed by atoms with E-state index in [-0.39, 0.29) is 5.91 Å². The molecule has 1 atom stereocenters. The molecular formula is C12H13NO2. The van der Waals surface area contributed by atoms with Crippen molar-refractivity contribution < 1.29 is 9.90 Å². The van der Waals surface area contributed by atoms with Crippen molar-refractivity contribution in [3.8, 4) is 0 Å². The molecule has 1 aromatic carbocycles. The third-order valence-electron chi connectivity index (χ3n) is 2.53. The highest BCUT2D eigenvalue weighted by Crippen LogP contribution is 2.28. The molecule has 1 unspecified atom stereocenters. The van der Waals surface area contributed by atoms with E-state index in [0.29, 0.717) is 5.57 Å². The predicted molar refractivity (Wildman–Crippen MR) is 57.9 cm³/mol. The van der Waals surface area contributed by atoms with E-state index in [4.69, 9.17) is 0 Å². The average Bonchev–Trinajstić information content (AvgIpc) is 2.41. The van der Waals surface area contributed by atoms with Crippen LogP contribution >= 0.6 is 0 Å². The number of aliphatic hydroxyl groups is 1. The van der Waals surface area contributed by atoms with E-state index >= 15 is 0 Å². The van der Waals surface area contributed by atoms with Gasteiger partial charge in [-0.3, -0.25) is 4.79 Å². The largest absolute Gasteiger partial charge is 0.367 e. The summed E-state index contributed by atoms with van der Waals surface area (Å²) in [5.41, 5.74) is 1.37. The zero-order valence-corrected chi connectivity index (χ0v) is 8.74. The number of nitrogens with one attached hydrogen (secondary N) is 1. The third-order valence-corrected chi connectivity index (χ3v) is 2.53. The monoisotopic (exact) mass is 203 g/mol. The lowest BCUT2D eigenvalue weighted by molar-refractivity contribution is -0.119. The molecule has 0 bridgehead atoms. The van der Waals surface area contributed by atoms with Gasteiger partial charge in [-0.2, -0.15) is 0 Å². The maximum atomic E-state index is 11.2. The maximum absolute atomic E-state index is 11.2. The number of carbonyl (C=O) groups is 1. The van der Waals surface area contributed by atoms with Crippen LogP contribution in [-0.4, -0.2) is 16.7 Å². The second-order valence-electron chi connectivity index (χ2n) is 3.99. The highest BCUT2D eigenvalue weighted by Gasteiger charge is 2.34. The molecule has 2 N–H and O–H groups in total. The SMILES string of the molecule is Cc1ccc(C2=CC(=O)NC2(C)O)cc1. The fourth-order valence-electron chi connectivity index (χ4n) is 1.71. The molecule has 2 rings (SSSR count). The molecule has 0 aliphatic carbocycles. The second kappa shape index (κ2) is 3.21. The minimum absolute atomic E-state index is 0.254. The zero-order chi connectivity index (χ0) is 11.1. The van der Waals surface area contributed by atoms with Crippen molar-refractivity contribution in [2.24, 2.45) is 0 Å². The van der Waals surface area contributed by atoms with Gasteiger partial charge in [0, 0.05) is 11.6 Å². The number of hydrogen-bond donors (Lipinski definition) is 2. The number of aryl methyl sites for hydroxylation is 1. The van der Waals surface area contributed by atoms with Crippen LogP contribution in [0.25, 0.3) is 5.57 Å². The Bertz CT molecular complexity index is 429. The van der Waals surface area contributed by atoms with Gasteiger partial charge in [0.25, 0.3) is 0 Å². The van der Waals surface area contributed by atoms with Gasteiger partial charge in [-0.15, -0.1) is 0 Å². The van der Waals surface area contributed by atoms with Crippen molar-refractivity contribution in [2.75, 3.05) is 0 Å². The first-order valence-corrected chi connectivity index (χ1v) is 4.83. The van der Waals surface area contributed by atoms with Gasteiger partial charge >= 0.3 is 0 Å². The fourth-order valence-corrected chi connectivity index (χ4v) is 1.71. The van der Waals surface area contributed by atoms with E-state index in [9.17, 15) is 9.90 Å². The van der Waals surface area contributed by atoms with Gasteiger partial charge in [-0.05, 0) is 19.4 Å². The Morgan fingerprint density at radius 2 is 1.87 bits per heavy atom. The van der Waals surface area contributed by atoms with Gasteiger partial charge in [0.15, 0.2) is 5.72 Å².